The predicted octanol–water partition coefficient (Wildman–Crippen LogP) is 3.89. The molecule has 2 rings (SSSR count). The summed E-state index contributed by atoms with van der Waals surface area (Å²) in [7, 11) is 1.33. The third kappa shape index (κ3) is 4.31. The summed E-state index contributed by atoms with van der Waals surface area (Å²) >= 11 is 0. The molecule has 122 valence electrons. The Morgan fingerprint density at radius 3 is 2.65 bits per heavy atom. The molecule has 1 atom stereocenters. The summed E-state index contributed by atoms with van der Waals surface area (Å²) < 4.78 is 10.2. The lowest BCUT2D eigenvalue weighted by Gasteiger charge is -2.12. The molecule has 0 N–H and O–H groups in total. The number of unbranched alkanes of at least 4 members (excludes halogenated alkanes) is 2. The summed E-state index contributed by atoms with van der Waals surface area (Å²) in [6, 6.07) is 9.55. The van der Waals surface area contributed by atoms with Gasteiger partial charge in [0.25, 0.3) is 0 Å². The molecule has 1 aromatic rings. The lowest BCUT2D eigenvalue weighted by molar-refractivity contribution is -0.140. The van der Waals surface area contributed by atoms with Gasteiger partial charge in [-0.1, -0.05) is 50.1 Å². The number of methoxy groups -OCH3 is 1. The molecule has 0 aromatic heterocycles. The van der Waals surface area contributed by atoms with Gasteiger partial charge in [0, 0.05) is 17.2 Å². The topological polar surface area (TPSA) is 52.6 Å². The van der Waals surface area contributed by atoms with Crippen LogP contribution in [0.4, 0.5) is 0 Å². The Hall–Kier alpha value is -2.36. The summed E-state index contributed by atoms with van der Waals surface area (Å²) in [4.78, 5) is 23.6. The lowest BCUT2D eigenvalue weighted by atomic mass is 9.96. The van der Waals surface area contributed by atoms with Crippen LogP contribution >= 0.6 is 0 Å². The van der Waals surface area contributed by atoms with Gasteiger partial charge in [0.05, 0.1) is 7.11 Å². The lowest BCUT2D eigenvalue weighted by Crippen LogP contribution is -2.03. The third-order valence-corrected chi connectivity index (χ3v) is 3.84. The molecule has 0 aliphatic carbocycles. The molecule has 0 bridgehead atoms. The monoisotopic (exact) mass is 314 g/mol. The molecule has 0 spiro atoms. The van der Waals surface area contributed by atoms with Crippen LogP contribution in [0.5, 0.6) is 0 Å². The van der Waals surface area contributed by atoms with E-state index in [0.29, 0.717) is 12.0 Å². The first-order chi connectivity index (χ1) is 11.2. The van der Waals surface area contributed by atoms with Crippen molar-refractivity contribution in [3.05, 3.63) is 59.2 Å². The second kappa shape index (κ2) is 8.32. The molecule has 0 saturated heterocycles. The quantitative estimate of drug-likeness (QED) is 0.435. The van der Waals surface area contributed by atoms with Gasteiger partial charge in [-0.2, -0.15) is 0 Å². The van der Waals surface area contributed by atoms with Crippen molar-refractivity contribution >= 4 is 11.9 Å². The van der Waals surface area contributed by atoms with Gasteiger partial charge < -0.3 is 9.47 Å². The van der Waals surface area contributed by atoms with Crippen molar-refractivity contribution in [1.82, 2.24) is 0 Å². The van der Waals surface area contributed by atoms with Crippen LogP contribution in [0.15, 0.2) is 53.6 Å². The smallest absolute Gasteiger partial charge is 0.335 e. The standard InChI is InChI=1S/C19H22O4/c1-3-4-6-11-16-15(12-13-17(20)22-2)18(23-19(16)21)14-9-7-5-8-10-14/h5,7-10,12-13,18H,3-4,6,11H2,1-2H3/b13-12+. The van der Waals surface area contributed by atoms with E-state index in [4.69, 9.17) is 4.74 Å². The van der Waals surface area contributed by atoms with Crippen molar-refractivity contribution in [2.24, 2.45) is 0 Å². The normalized spacial score (nSPS) is 17.7. The molecule has 1 aliphatic rings. The number of cyclic esters (lactones) is 1. The average Bonchev–Trinajstić information content (AvgIpc) is 2.90. The molecule has 4 heteroatoms. The minimum atomic E-state index is -0.457. The summed E-state index contributed by atoms with van der Waals surface area (Å²) in [6.07, 6.45) is 6.26. The number of benzene rings is 1. The molecule has 0 fully saturated rings. The number of ether oxygens (including phenoxy) is 2. The van der Waals surface area contributed by atoms with Gasteiger partial charge in [0.15, 0.2) is 6.10 Å². The van der Waals surface area contributed by atoms with Gasteiger partial charge in [-0.05, 0) is 24.5 Å². The Morgan fingerprint density at radius 1 is 1.26 bits per heavy atom. The van der Waals surface area contributed by atoms with Crippen LogP contribution in [-0.2, 0) is 19.1 Å². The van der Waals surface area contributed by atoms with Crippen LogP contribution in [0.1, 0.15) is 44.3 Å². The molecule has 0 radical (unpaired) electrons. The Kier molecular flexibility index (Phi) is 6.15. The largest absolute Gasteiger partial charge is 0.466 e. The van der Waals surface area contributed by atoms with E-state index >= 15 is 0 Å². The van der Waals surface area contributed by atoms with Gasteiger partial charge in [0.2, 0.25) is 0 Å². The van der Waals surface area contributed by atoms with Crippen LogP contribution < -0.4 is 0 Å². The van der Waals surface area contributed by atoms with Crippen molar-refractivity contribution in [2.75, 3.05) is 7.11 Å². The third-order valence-electron chi connectivity index (χ3n) is 3.84. The second-order valence-electron chi connectivity index (χ2n) is 5.44. The first kappa shape index (κ1) is 17.0. The zero-order valence-corrected chi connectivity index (χ0v) is 13.6. The van der Waals surface area contributed by atoms with E-state index in [1.165, 1.54) is 13.2 Å². The minimum absolute atomic E-state index is 0.292. The molecule has 4 nitrogen and oxygen atoms in total. The molecule has 1 unspecified atom stereocenters. The SMILES string of the molecule is CCCCCC1=C(/C=C/C(=O)OC)C(c2ccccc2)OC1=O. The average molecular weight is 314 g/mol. The minimum Gasteiger partial charge on any atom is -0.466 e. The van der Waals surface area contributed by atoms with Crippen molar-refractivity contribution < 1.29 is 19.1 Å². The van der Waals surface area contributed by atoms with Crippen LogP contribution in [0.3, 0.4) is 0 Å². The van der Waals surface area contributed by atoms with E-state index in [1.54, 1.807) is 6.08 Å². The first-order valence-corrected chi connectivity index (χ1v) is 7.92. The Labute approximate surface area is 136 Å². The fourth-order valence-electron chi connectivity index (χ4n) is 2.61. The molecule has 0 saturated carbocycles. The predicted molar refractivity (Wildman–Crippen MR) is 87.6 cm³/mol. The summed E-state index contributed by atoms with van der Waals surface area (Å²) in [5.74, 6) is -0.740. The van der Waals surface area contributed by atoms with E-state index < -0.39 is 12.1 Å². The second-order valence-corrected chi connectivity index (χ2v) is 5.44. The molecule has 1 aliphatic heterocycles. The Morgan fingerprint density at radius 2 is 2.00 bits per heavy atom. The zero-order chi connectivity index (χ0) is 16.7. The van der Waals surface area contributed by atoms with Crippen LogP contribution in [-0.4, -0.2) is 19.0 Å². The summed E-state index contributed by atoms with van der Waals surface area (Å²) in [5, 5.41) is 0. The van der Waals surface area contributed by atoms with Crippen molar-refractivity contribution in [1.29, 1.82) is 0 Å². The van der Waals surface area contributed by atoms with Gasteiger partial charge in [-0.3, -0.25) is 0 Å². The fourth-order valence-corrected chi connectivity index (χ4v) is 2.61. The highest BCUT2D eigenvalue weighted by Gasteiger charge is 2.33. The summed E-state index contributed by atoms with van der Waals surface area (Å²) in [6.45, 7) is 2.12. The first-order valence-electron chi connectivity index (χ1n) is 7.92. The number of hydrogen-bond donors (Lipinski definition) is 0. The number of esters is 2. The van der Waals surface area contributed by atoms with Crippen molar-refractivity contribution in [3.63, 3.8) is 0 Å². The van der Waals surface area contributed by atoms with Gasteiger partial charge in [-0.15, -0.1) is 0 Å². The number of carbonyl (C=O) groups excluding carboxylic acids is 2. The van der Waals surface area contributed by atoms with Crippen molar-refractivity contribution in [3.8, 4) is 0 Å². The zero-order valence-electron chi connectivity index (χ0n) is 13.6. The van der Waals surface area contributed by atoms with Gasteiger partial charge >= 0.3 is 11.9 Å². The van der Waals surface area contributed by atoms with Crippen LogP contribution in [0, 0.1) is 0 Å². The maximum Gasteiger partial charge on any atom is 0.335 e. The molecule has 0 amide bonds. The molecular formula is C19H22O4. The number of hydrogen-bond acceptors (Lipinski definition) is 4. The molecule has 23 heavy (non-hydrogen) atoms. The van der Waals surface area contributed by atoms with Crippen molar-refractivity contribution in [2.45, 2.75) is 38.7 Å². The highest BCUT2D eigenvalue weighted by molar-refractivity contribution is 5.94. The molecule has 1 aromatic carbocycles. The van der Waals surface area contributed by atoms with Crippen LogP contribution in [0.25, 0.3) is 0 Å². The van der Waals surface area contributed by atoms with Crippen LogP contribution in [0.2, 0.25) is 0 Å². The van der Waals surface area contributed by atoms with E-state index in [2.05, 4.69) is 11.7 Å². The highest BCUT2D eigenvalue weighted by Crippen LogP contribution is 2.37. The fraction of sp³-hybridized carbons (Fsp3) is 0.368. The van der Waals surface area contributed by atoms with E-state index in [9.17, 15) is 9.59 Å². The van der Waals surface area contributed by atoms with E-state index in [0.717, 1.165) is 30.4 Å². The number of rotatable bonds is 7. The Balaban J connectivity index is 2.33. The van der Waals surface area contributed by atoms with E-state index in [1.807, 2.05) is 30.3 Å². The number of carbonyl (C=O) groups is 2. The highest BCUT2D eigenvalue weighted by atomic mass is 16.5. The molecular weight excluding hydrogens is 292 g/mol. The maximum atomic E-state index is 12.2. The summed E-state index contributed by atoms with van der Waals surface area (Å²) in [5.41, 5.74) is 2.31. The van der Waals surface area contributed by atoms with E-state index in [-0.39, 0.29) is 5.97 Å². The van der Waals surface area contributed by atoms with Gasteiger partial charge in [0.1, 0.15) is 0 Å². The Bertz CT molecular complexity index is 614. The maximum absolute atomic E-state index is 12.2. The molecule has 1 heterocycles. The van der Waals surface area contributed by atoms with Gasteiger partial charge in [-0.25, -0.2) is 9.59 Å².